The van der Waals surface area contributed by atoms with Gasteiger partial charge in [-0.15, -0.1) is 0 Å². The third-order valence-corrected chi connectivity index (χ3v) is 3.10. The number of hydrogen-bond acceptors (Lipinski definition) is 2. The van der Waals surface area contributed by atoms with Crippen LogP contribution in [0.15, 0.2) is 18.7 Å². The van der Waals surface area contributed by atoms with Crippen LogP contribution in [-0.4, -0.2) is 27.1 Å². The molecule has 2 aromatic rings. The predicted octanol–water partition coefficient (Wildman–Crippen LogP) is 3.27. The van der Waals surface area contributed by atoms with Crippen LogP contribution in [-0.2, 0) is 4.79 Å². The lowest BCUT2D eigenvalue weighted by Crippen LogP contribution is -2.05. The van der Waals surface area contributed by atoms with Crippen molar-refractivity contribution in [2.75, 3.05) is 0 Å². The molecule has 0 atom stereocenters. The Morgan fingerprint density at radius 2 is 1.84 bits per heavy atom. The van der Waals surface area contributed by atoms with E-state index < -0.39 is 11.9 Å². The molecular formula is C12H7Cl2NO4. The van der Waals surface area contributed by atoms with Gasteiger partial charge < -0.3 is 15.2 Å². The lowest BCUT2D eigenvalue weighted by atomic mass is 10.0. The lowest BCUT2D eigenvalue weighted by Gasteiger charge is -2.02. The fourth-order valence-corrected chi connectivity index (χ4v) is 2.41. The molecule has 3 N–H and O–H groups in total. The summed E-state index contributed by atoms with van der Waals surface area (Å²) in [7, 11) is 0. The van der Waals surface area contributed by atoms with E-state index in [0.717, 1.165) is 0 Å². The van der Waals surface area contributed by atoms with Crippen molar-refractivity contribution in [2.45, 2.75) is 0 Å². The van der Waals surface area contributed by atoms with Gasteiger partial charge in [0.2, 0.25) is 0 Å². The first-order valence-corrected chi connectivity index (χ1v) is 5.75. The number of aromatic amines is 1. The van der Waals surface area contributed by atoms with E-state index in [0.29, 0.717) is 10.5 Å². The highest BCUT2D eigenvalue weighted by molar-refractivity contribution is 6.40. The number of H-pyrrole nitrogens is 1. The largest absolute Gasteiger partial charge is 0.478 e. The van der Waals surface area contributed by atoms with Crippen molar-refractivity contribution in [1.29, 1.82) is 0 Å². The second kappa shape index (κ2) is 4.60. The number of benzene rings is 1. The van der Waals surface area contributed by atoms with Gasteiger partial charge in [0.05, 0.1) is 10.6 Å². The molecular weight excluding hydrogens is 293 g/mol. The van der Waals surface area contributed by atoms with Crippen LogP contribution < -0.4 is 0 Å². The van der Waals surface area contributed by atoms with Crippen molar-refractivity contribution in [3.63, 3.8) is 0 Å². The smallest absolute Gasteiger partial charge is 0.352 e. The van der Waals surface area contributed by atoms with Gasteiger partial charge in [-0.1, -0.05) is 29.8 Å². The lowest BCUT2D eigenvalue weighted by molar-refractivity contribution is -0.130. The predicted molar refractivity (Wildman–Crippen MR) is 71.9 cm³/mol. The highest BCUT2D eigenvalue weighted by Crippen LogP contribution is 2.35. The molecule has 1 heterocycles. The molecule has 0 fully saturated rings. The number of carbonyl (C=O) groups is 2. The number of nitrogens with one attached hydrogen (secondary N) is 1. The van der Waals surface area contributed by atoms with Gasteiger partial charge in [0.15, 0.2) is 0 Å². The van der Waals surface area contributed by atoms with Crippen molar-refractivity contribution in [1.82, 2.24) is 4.98 Å². The summed E-state index contributed by atoms with van der Waals surface area (Å²) in [6.07, 6.45) is 0. The van der Waals surface area contributed by atoms with Crippen LogP contribution in [0.2, 0.25) is 10.0 Å². The van der Waals surface area contributed by atoms with Crippen LogP contribution in [0.5, 0.6) is 0 Å². The van der Waals surface area contributed by atoms with E-state index in [4.69, 9.17) is 33.4 Å². The Kier molecular flexibility index (Phi) is 3.26. The minimum atomic E-state index is -1.32. The van der Waals surface area contributed by atoms with Crippen molar-refractivity contribution in [3.05, 3.63) is 40.0 Å². The van der Waals surface area contributed by atoms with E-state index in [1.54, 1.807) is 0 Å². The van der Waals surface area contributed by atoms with E-state index in [9.17, 15) is 9.59 Å². The number of hydrogen-bond donors (Lipinski definition) is 3. The maximum atomic E-state index is 11.2. The van der Waals surface area contributed by atoms with Crippen LogP contribution in [0.3, 0.4) is 0 Å². The zero-order valence-corrected chi connectivity index (χ0v) is 10.8. The SMILES string of the molecule is C=C(C(=O)O)c1c(C(=O)O)[nH]c2cc(Cl)cc(Cl)c12. The summed E-state index contributed by atoms with van der Waals surface area (Å²) >= 11 is 11.8. The molecule has 0 amide bonds. The number of fused-ring (bicyclic) bond motifs is 1. The first-order valence-electron chi connectivity index (χ1n) is 4.99. The average molecular weight is 300 g/mol. The number of aromatic carboxylic acids is 1. The van der Waals surface area contributed by atoms with Gasteiger partial charge in [-0.05, 0) is 12.1 Å². The number of aliphatic carboxylic acids is 1. The van der Waals surface area contributed by atoms with E-state index in [-0.39, 0.29) is 27.2 Å². The molecule has 0 saturated carbocycles. The van der Waals surface area contributed by atoms with E-state index >= 15 is 0 Å². The molecule has 0 saturated heterocycles. The molecule has 0 spiro atoms. The van der Waals surface area contributed by atoms with Gasteiger partial charge in [0, 0.05) is 21.5 Å². The maximum Gasteiger partial charge on any atom is 0.352 e. The number of halogens is 2. The minimum absolute atomic E-state index is 0.0448. The number of carboxylic acids is 2. The normalized spacial score (nSPS) is 10.6. The Balaban J connectivity index is 2.92. The van der Waals surface area contributed by atoms with Crippen molar-refractivity contribution in [3.8, 4) is 0 Å². The summed E-state index contributed by atoms with van der Waals surface area (Å²) in [5, 5.41) is 18.8. The summed E-state index contributed by atoms with van der Waals surface area (Å²) in [6, 6.07) is 2.87. The van der Waals surface area contributed by atoms with Gasteiger partial charge in [-0.25, -0.2) is 9.59 Å². The standard InChI is InChI=1S/C12H7Cl2NO4/c1-4(11(16)17)8-9-6(14)2-5(13)3-7(9)15-10(8)12(18)19/h2-3,15H,1H2,(H,16,17)(H,18,19). The highest BCUT2D eigenvalue weighted by atomic mass is 35.5. The average Bonchev–Trinajstić information content (AvgIpc) is 2.67. The van der Waals surface area contributed by atoms with E-state index in [2.05, 4.69) is 11.6 Å². The third-order valence-electron chi connectivity index (χ3n) is 2.59. The molecule has 1 aromatic heterocycles. The first kappa shape index (κ1) is 13.5. The van der Waals surface area contributed by atoms with Crippen LogP contribution >= 0.6 is 23.2 Å². The van der Waals surface area contributed by atoms with Crippen LogP contribution in [0, 0.1) is 0 Å². The summed E-state index contributed by atoms with van der Waals surface area (Å²) in [6.45, 7) is 3.38. The molecule has 98 valence electrons. The molecule has 1 aromatic carbocycles. The fraction of sp³-hybridized carbons (Fsp3) is 0. The highest BCUT2D eigenvalue weighted by Gasteiger charge is 2.24. The quantitative estimate of drug-likeness (QED) is 0.759. The zero-order chi connectivity index (χ0) is 14.3. The van der Waals surface area contributed by atoms with E-state index in [1.807, 2.05) is 0 Å². The van der Waals surface area contributed by atoms with Gasteiger partial charge in [0.1, 0.15) is 5.69 Å². The molecule has 7 heteroatoms. The Morgan fingerprint density at radius 3 is 2.37 bits per heavy atom. The van der Waals surface area contributed by atoms with Gasteiger partial charge in [-0.2, -0.15) is 0 Å². The topological polar surface area (TPSA) is 90.4 Å². The Bertz CT molecular complexity index is 733. The number of rotatable bonds is 3. The van der Waals surface area contributed by atoms with E-state index in [1.165, 1.54) is 12.1 Å². The van der Waals surface area contributed by atoms with Crippen molar-refractivity contribution in [2.24, 2.45) is 0 Å². The zero-order valence-electron chi connectivity index (χ0n) is 9.33. The Labute approximate surface area is 117 Å². The maximum absolute atomic E-state index is 11.2. The van der Waals surface area contributed by atoms with Crippen LogP contribution in [0.4, 0.5) is 0 Å². The summed E-state index contributed by atoms with van der Waals surface area (Å²) in [5.74, 6) is -2.63. The molecule has 0 radical (unpaired) electrons. The van der Waals surface area contributed by atoms with Gasteiger partial charge in [0.25, 0.3) is 0 Å². The molecule has 0 aliphatic heterocycles. The summed E-state index contributed by atoms with van der Waals surface area (Å²) in [5.41, 5.74) is -0.344. The molecule has 0 unspecified atom stereocenters. The molecule has 0 aliphatic rings. The second-order valence-corrected chi connectivity index (χ2v) is 4.62. The first-order chi connectivity index (χ1) is 8.82. The monoisotopic (exact) mass is 299 g/mol. The van der Waals surface area contributed by atoms with Gasteiger partial charge in [-0.3, -0.25) is 0 Å². The summed E-state index contributed by atoms with van der Waals surface area (Å²) in [4.78, 5) is 24.8. The fourth-order valence-electron chi connectivity index (χ4n) is 1.82. The van der Waals surface area contributed by atoms with Crippen molar-refractivity contribution < 1.29 is 19.8 Å². The number of carboxylic acid groups (broad SMARTS) is 2. The van der Waals surface area contributed by atoms with Crippen LogP contribution in [0.25, 0.3) is 16.5 Å². The number of aromatic nitrogens is 1. The molecule has 19 heavy (non-hydrogen) atoms. The Morgan fingerprint density at radius 1 is 1.21 bits per heavy atom. The molecule has 2 rings (SSSR count). The molecule has 0 aliphatic carbocycles. The minimum Gasteiger partial charge on any atom is -0.478 e. The third kappa shape index (κ3) is 2.18. The van der Waals surface area contributed by atoms with Gasteiger partial charge >= 0.3 is 11.9 Å². The molecule has 0 bridgehead atoms. The summed E-state index contributed by atoms with van der Waals surface area (Å²) < 4.78 is 0. The molecule has 5 nitrogen and oxygen atoms in total. The van der Waals surface area contributed by atoms with Crippen molar-refractivity contribution >= 4 is 51.6 Å². The van der Waals surface area contributed by atoms with Crippen LogP contribution in [0.1, 0.15) is 16.1 Å². The second-order valence-electron chi connectivity index (χ2n) is 3.77. The Hall–Kier alpha value is -1.98.